The van der Waals surface area contributed by atoms with E-state index in [4.69, 9.17) is 4.98 Å². The molecule has 3 heterocycles. The lowest BCUT2D eigenvalue weighted by Gasteiger charge is -2.44. The largest absolute Gasteiger partial charge is 0.335 e. The Kier molecular flexibility index (Phi) is 7.57. The number of carbonyl (C=O) groups is 1. The van der Waals surface area contributed by atoms with Gasteiger partial charge in [-0.25, -0.2) is 0 Å². The van der Waals surface area contributed by atoms with Crippen molar-refractivity contribution in [3.05, 3.63) is 64.5 Å². The second-order valence-corrected chi connectivity index (χ2v) is 11.6. The first-order chi connectivity index (χ1) is 17.0. The standard InChI is InChI=1S/C31H43N3O/c1-22(2)25-13-11-24(12-14-25)21-33-19-16-27(17-20-33)30-28(15-10-23(3)32-30)31(35)34-18-6-8-26-7-4-5-9-29(26)34/h10-15,22,26-27,29H,4-9,16-21H2,1-3H3. The van der Waals surface area contributed by atoms with Gasteiger partial charge in [0.2, 0.25) is 0 Å². The normalized spacial score (nSPS) is 23.9. The summed E-state index contributed by atoms with van der Waals surface area (Å²) < 4.78 is 0. The molecule has 2 aromatic rings. The van der Waals surface area contributed by atoms with E-state index in [1.165, 1.54) is 43.2 Å². The molecule has 4 heteroatoms. The van der Waals surface area contributed by atoms with E-state index in [1.807, 2.05) is 6.07 Å². The minimum atomic E-state index is 0.247. The molecule has 2 aliphatic heterocycles. The topological polar surface area (TPSA) is 36.4 Å². The van der Waals surface area contributed by atoms with Crippen LogP contribution in [-0.2, 0) is 6.54 Å². The molecule has 0 radical (unpaired) electrons. The van der Waals surface area contributed by atoms with Gasteiger partial charge in [-0.1, -0.05) is 51.0 Å². The summed E-state index contributed by atoms with van der Waals surface area (Å²) in [5.74, 6) is 1.91. The summed E-state index contributed by atoms with van der Waals surface area (Å²) in [7, 11) is 0. The summed E-state index contributed by atoms with van der Waals surface area (Å²) in [5.41, 5.74) is 5.77. The first kappa shape index (κ1) is 24.5. The number of benzene rings is 1. The minimum Gasteiger partial charge on any atom is -0.335 e. The Bertz CT molecular complexity index is 1000. The molecule has 0 bridgehead atoms. The van der Waals surface area contributed by atoms with Crippen LogP contribution in [0.3, 0.4) is 0 Å². The van der Waals surface area contributed by atoms with Crippen molar-refractivity contribution in [3.63, 3.8) is 0 Å². The zero-order chi connectivity index (χ0) is 24.4. The van der Waals surface area contributed by atoms with Gasteiger partial charge in [-0.3, -0.25) is 14.7 Å². The Morgan fingerprint density at radius 3 is 2.37 bits per heavy atom. The van der Waals surface area contributed by atoms with E-state index in [9.17, 15) is 4.79 Å². The molecule has 1 aromatic heterocycles. The zero-order valence-electron chi connectivity index (χ0n) is 22.0. The number of rotatable bonds is 5. The molecule has 2 atom stereocenters. The molecule has 0 N–H and O–H groups in total. The summed E-state index contributed by atoms with van der Waals surface area (Å²) in [4.78, 5) is 23.7. The van der Waals surface area contributed by atoms with E-state index < -0.39 is 0 Å². The molecule has 2 unspecified atom stereocenters. The SMILES string of the molecule is Cc1ccc(C(=O)N2CCCC3CCCCC32)c(C2CCN(Cc3ccc(C(C)C)cc3)CC2)n1. The monoisotopic (exact) mass is 473 g/mol. The average Bonchev–Trinajstić information content (AvgIpc) is 2.89. The zero-order valence-corrected chi connectivity index (χ0v) is 22.0. The predicted molar refractivity (Wildman–Crippen MR) is 143 cm³/mol. The summed E-state index contributed by atoms with van der Waals surface area (Å²) in [6.07, 6.45) is 9.68. The number of fused-ring (bicyclic) bond motifs is 1. The second kappa shape index (κ2) is 10.8. The summed E-state index contributed by atoms with van der Waals surface area (Å²) in [6, 6.07) is 13.7. The fourth-order valence-corrected chi connectivity index (χ4v) is 6.73. The highest BCUT2D eigenvalue weighted by atomic mass is 16.2. The molecule has 1 aromatic carbocycles. The Morgan fingerprint density at radius 1 is 0.914 bits per heavy atom. The van der Waals surface area contributed by atoms with Crippen LogP contribution in [-0.4, -0.2) is 46.4 Å². The minimum absolute atomic E-state index is 0.247. The van der Waals surface area contributed by atoms with Crippen LogP contribution in [0.1, 0.15) is 110 Å². The average molecular weight is 474 g/mol. The molecular formula is C31H43N3O. The van der Waals surface area contributed by atoms with Crippen molar-refractivity contribution in [2.45, 2.75) is 96.6 Å². The van der Waals surface area contributed by atoms with Gasteiger partial charge in [-0.15, -0.1) is 0 Å². The Labute approximate surface area is 212 Å². The lowest BCUT2D eigenvalue weighted by molar-refractivity contribution is 0.0388. The molecule has 2 saturated heterocycles. The van der Waals surface area contributed by atoms with E-state index in [-0.39, 0.29) is 5.91 Å². The molecule has 3 aliphatic rings. The molecule has 35 heavy (non-hydrogen) atoms. The fourth-order valence-electron chi connectivity index (χ4n) is 6.73. The number of piperidine rings is 2. The highest BCUT2D eigenvalue weighted by molar-refractivity contribution is 5.95. The van der Waals surface area contributed by atoms with Gasteiger partial charge in [0.05, 0.1) is 11.3 Å². The number of hydrogen-bond donors (Lipinski definition) is 0. The maximum Gasteiger partial charge on any atom is 0.255 e. The number of likely N-dealkylation sites (tertiary alicyclic amines) is 2. The number of amides is 1. The Balaban J connectivity index is 1.27. The highest BCUT2D eigenvalue weighted by Crippen LogP contribution is 2.37. The van der Waals surface area contributed by atoms with E-state index in [0.29, 0.717) is 23.8 Å². The van der Waals surface area contributed by atoms with E-state index >= 15 is 0 Å². The van der Waals surface area contributed by atoms with Gasteiger partial charge in [0.25, 0.3) is 5.91 Å². The first-order valence-corrected chi connectivity index (χ1v) is 14.1. The van der Waals surface area contributed by atoms with Crippen LogP contribution in [0.25, 0.3) is 0 Å². The van der Waals surface area contributed by atoms with Crippen molar-refractivity contribution >= 4 is 5.91 Å². The van der Waals surface area contributed by atoms with Gasteiger partial charge in [0.15, 0.2) is 0 Å². The molecule has 1 saturated carbocycles. The summed E-state index contributed by atoms with van der Waals surface area (Å²) in [5, 5.41) is 0. The number of hydrogen-bond acceptors (Lipinski definition) is 3. The number of nitrogens with zero attached hydrogens (tertiary/aromatic N) is 3. The third kappa shape index (κ3) is 5.48. The van der Waals surface area contributed by atoms with Gasteiger partial charge >= 0.3 is 0 Å². The summed E-state index contributed by atoms with van der Waals surface area (Å²) >= 11 is 0. The molecule has 0 spiro atoms. The molecule has 1 amide bonds. The number of carbonyl (C=O) groups excluding carboxylic acids is 1. The molecule has 1 aliphatic carbocycles. The van der Waals surface area contributed by atoms with Crippen molar-refractivity contribution in [3.8, 4) is 0 Å². The van der Waals surface area contributed by atoms with Crippen molar-refractivity contribution in [2.75, 3.05) is 19.6 Å². The fraction of sp³-hybridized carbons (Fsp3) is 0.613. The second-order valence-electron chi connectivity index (χ2n) is 11.6. The van der Waals surface area contributed by atoms with Crippen LogP contribution < -0.4 is 0 Å². The van der Waals surface area contributed by atoms with E-state index in [0.717, 1.165) is 62.4 Å². The van der Waals surface area contributed by atoms with Crippen LogP contribution in [0.15, 0.2) is 36.4 Å². The quantitative estimate of drug-likeness (QED) is 0.485. The highest BCUT2D eigenvalue weighted by Gasteiger charge is 2.37. The van der Waals surface area contributed by atoms with Crippen LogP contribution in [0.2, 0.25) is 0 Å². The Hall–Kier alpha value is -2.20. The molecular weight excluding hydrogens is 430 g/mol. The smallest absolute Gasteiger partial charge is 0.255 e. The number of aromatic nitrogens is 1. The van der Waals surface area contributed by atoms with Gasteiger partial charge in [-0.05, 0) is 93.6 Å². The van der Waals surface area contributed by atoms with Gasteiger partial charge in [0.1, 0.15) is 0 Å². The van der Waals surface area contributed by atoms with Crippen LogP contribution in [0.5, 0.6) is 0 Å². The van der Waals surface area contributed by atoms with Gasteiger partial charge in [-0.2, -0.15) is 0 Å². The van der Waals surface area contributed by atoms with Crippen LogP contribution >= 0.6 is 0 Å². The van der Waals surface area contributed by atoms with E-state index in [2.05, 4.69) is 60.9 Å². The maximum absolute atomic E-state index is 13.9. The first-order valence-electron chi connectivity index (χ1n) is 14.1. The lowest BCUT2D eigenvalue weighted by Crippen LogP contribution is -2.50. The Morgan fingerprint density at radius 2 is 1.63 bits per heavy atom. The summed E-state index contributed by atoms with van der Waals surface area (Å²) in [6.45, 7) is 10.6. The van der Waals surface area contributed by atoms with Gasteiger partial charge < -0.3 is 4.90 Å². The van der Waals surface area contributed by atoms with Crippen LogP contribution in [0.4, 0.5) is 0 Å². The number of pyridine rings is 1. The van der Waals surface area contributed by atoms with Crippen molar-refractivity contribution in [1.82, 2.24) is 14.8 Å². The van der Waals surface area contributed by atoms with Crippen molar-refractivity contribution < 1.29 is 4.79 Å². The predicted octanol–water partition coefficient (Wildman–Crippen LogP) is 6.69. The third-order valence-electron chi connectivity index (χ3n) is 8.83. The lowest BCUT2D eigenvalue weighted by atomic mass is 9.78. The van der Waals surface area contributed by atoms with E-state index in [1.54, 1.807) is 0 Å². The molecule has 188 valence electrons. The maximum atomic E-state index is 13.9. The van der Waals surface area contributed by atoms with Crippen molar-refractivity contribution in [2.24, 2.45) is 5.92 Å². The molecule has 4 nitrogen and oxygen atoms in total. The van der Waals surface area contributed by atoms with Gasteiger partial charge in [0, 0.05) is 30.7 Å². The number of aryl methyl sites for hydroxylation is 1. The van der Waals surface area contributed by atoms with Crippen molar-refractivity contribution in [1.29, 1.82) is 0 Å². The third-order valence-corrected chi connectivity index (χ3v) is 8.83. The molecule has 5 rings (SSSR count). The van der Waals surface area contributed by atoms with Crippen LogP contribution in [0, 0.1) is 12.8 Å². The molecule has 3 fully saturated rings.